The minimum Gasteiger partial charge on any atom is -0.319 e. The van der Waals surface area contributed by atoms with Gasteiger partial charge in [0.25, 0.3) is 6.43 Å². The molecule has 0 aliphatic carbocycles. The molecular formula is C16H24F2N2. The van der Waals surface area contributed by atoms with E-state index in [-0.39, 0.29) is 5.56 Å². The fraction of sp³-hybridized carbons (Fsp3) is 0.625. The van der Waals surface area contributed by atoms with Gasteiger partial charge in [-0.15, -0.1) is 0 Å². The van der Waals surface area contributed by atoms with Crippen LogP contribution in [0.3, 0.4) is 0 Å². The highest BCUT2D eigenvalue weighted by atomic mass is 19.3. The summed E-state index contributed by atoms with van der Waals surface area (Å²) in [6, 6.07) is 7.23. The van der Waals surface area contributed by atoms with Crippen LogP contribution in [0.25, 0.3) is 0 Å². The molecule has 0 amide bonds. The maximum atomic E-state index is 12.7. The lowest BCUT2D eigenvalue weighted by atomic mass is 9.84. The van der Waals surface area contributed by atoms with Crippen molar-refractivity contribution in [1.29, 1.82) is 0 Å². The molecule has 112 valence electrons. The van der Waals surface area contributed by atoms with Crippen molar-refractivity contribution in [2.45, 2.75) is 32.2 Å². The summed E-state index contributed by atoms with van der Waals surface area (Å²) in [6.45, 7) is 5.24. The zero-order valence-corrected chi connectivity index (χ0v) is 12.3. The summed E-state index contributed by atoms with van der Waals surface area (Å²) in [5.41, 5.74) is 1.27. The molecule has 0 saturated carbocycles. The maximum absolute atomic E-state index is 12.7. The molecule has 0 bridgehead atoms. The minimum absolute atomic E-state index is 0.109. The Morgan fingerprint density at radius 3 is 2.55 bits per heavy atom. The molecule has 0 radical (unpaired) electrons. The van der Waals surface area contributed by atoms with Gasteiger partial charge in [0.05, 0.1) is 0 Å². The number of rotatable bonds is 5. The van der Waals surface area contributed by atoms with Gasteiger partial charge in [0.15, 0.2) is 0 Å². The highest BCUT2D eigenvalue weighted by Gasteiger charge is 2.31. The van der Waals surface area contributed by atoms with Crippen molar-refractivity contribution in [3.8, 4) is 0 Å². The number of alkyl halides is 2. The molecule has 1 aromatic carbocycles. The van der Waals surface area contributed by atoms with Crippen molar-refractivity contribution in [2.75, 3.05) is 26.7 Å². The lowest BCUT2D eigenvalue weighted by molar-refractivity contribution is 0.0980. The zero-order valence-electron chi connectivity index (χ0n) is 12.3. The van der Waals surface area contributed by atoms with Crippen LogP contribution in [-0.2, 0) is 0 Å². The predicted molar refractivity (Wildman–Crippen MR) is 78.0 cm³/mol. The Morgan fingerprint density at radius 1 is 1.30 bits per heavy atom. The van der Waals surface area contributed by atoms with Gasteiger partial charge in [-0.2, -0.15) is 0 Å². The van der Waals surface area contributed by atoms with Gasteiger partial charge in [-0.25, -0.2) is 8.78 Å². The number of nitrogens with one attached hydrogen (secondary N) is 1. The van der Waals surface area contributed by atoms with E-state index in [1.54, 1.807) is 12.1 Å². The number of hydrogen-bond donors (Lipinski definition) is 1. The normalized spacial score (nSPS) is 24.2. The maximum Gasteiger partial charge on any atom is 0.263 e. The van der Waals surface area contributed by atoms with E-state index in [9.17, 15) is 8.78 Å². The highest BCUT2D eigenvalue weighted by molar-refractivity contribution is 5.26. The summed E-state index contributed by atoms with van der Waals surface area (Å²) in [6.07, 6.45) is 0.0236. The summed E-state index contributed by atoms with van der Waals surface area (Å²) in [5.74, 6) is 0.547. The average molecular weight is 282 g/mol. The summed E-state index contributed by atoms with van der Waals surface area (Å²) in [7, 11) is 1.97. The van der Waals surface area contributed by atoms with E-state index in [2.05, 4.69) is 17.1 Å². The predicted octanol–water partition coefficient (Wildman–Crippen LogP) is 3.62. The Balaban J connectivity index is 2.23. The second-order valence-electron chi connectivity index (χ2n) is 5.50. The van der Waals surface area contributed by atoms with Crippen molar-refractivity contribution < 1.29 is 8.78 Å². The SMILES string of the molecule is CCN1CCCC(CNC)C1c1ccc(C(F)F)cc1. The van der Waals surface area contributed by atoms with Crippen molar-refractivity contribution in [1.82, 2.24) is 10.2 Å². The molecule has 1 aliphatic rings. The lowest BCUT2D eigenvalue weighted by Crippen LogP contribution is -2.41. The third-order valence-electron chi connectivity index (χ3n) is 4.26. The summed E-state index contributed by atoms with van der Waals surface area (Å²) in [5, 5.41) is 3.26. The van der Waals surface area contributed by atoms with Gasteiger partial charge in [-0.05, 0) is 51.0 Å². The van der Waals surface area contributed by atoms with Gasteiger partial charge >= 0.3 is 0 Å². The largest absolute Gasteiger partial charge is 0.319 e. The first kappa shape index (κ1) is 15.4. The van der Waals surface area contributed by atoms with Crippen LogP contribution >= 0.6 is 0 Å². The molecule has 1 aliphatic heterocycles. The fourth-order valence-corrected chi connectivity index (χ4v) is 3.30. The average Bonchev–Trinajstić information content (AvgIpc) is 2.47. The molecule has 1 aromatic rings. The van der Waals surface area contributed by atoms with Crippen molar-refractivity contribution in [3.63, 3.8) is 0 Å². The van der Waals surface area contributed by atoms with Crippen LogP contribution in [0.4, 0.5) is 8.78 Å². The first-order chi connectivity index (χ1) is 9.67. The van der Waals surface area contributed by atoms with E-state index in [0.29, 0.717) is 12.0 Å². The van der Waals surface area contributed by atoms with Gasteiger partial charge in [0, 0.05) is 11.6 Å². The van der Waals surface area contributed by atoms with Crippen LogP contribution in [-0.4, -0.2) is 31.6 Å². The van der Waals surface area contributed by atoms with Crippen LogP contribution in [0, 0.1) is 5.92 Å². The molecule has 4 heteroatoms. The molecule has 0 aromatic heterocycles. The van der Waals surface area contributed by atoms with Crippen molar-refractivity contribution in [3.05, 3.63) is 35.4 Å². The molecular weight excluding hydrogens is 258 g/mol. The van der Waals surface area contributed by atoms with Crippen LogP contribution in [0.5, 0.6) is 0 Å². The second-order valence-corrected chi connectivity index (χ2v) is 5.50. The first-order valence-corrected chi connectivity index (χ1v) is 7.44. The summed E-state index contributed by atoms with van der Waals surface area (Å²) < 4.78 is 25.3. The molecule has 2 nitrogen and oxygen atoms in total. The molecule has 2 atom stereocenters. The number of halogens is 2. The summed E-state index contributed by atoms with van der Waals surface area (Å²) in [4.78, 5) is 2.46. The van der Waals surface area contributed by atoms with Gasteiger partial charge in [-0.1, -0.05) is 31.2 Å². The van der Waals surface area contributed by atoms with Gasteiger partial charge in [0.1, 0.15) is 0 Å². The van der Waals surface area contributed by atoms with E-state index < -0.39 is 6.43 Å². The van der Waals surface area contributed by atoms with Crippen molar-refractivity contribution in [2.24, 2.45) is 5.92 Å². The Morgan fingerprint density at radius 2 is 2.00 bits per heavy atom. The molecule has 1 heterocycles. The molecule has 1 saturated heterocycles. The van der Waals surface area contributed by atoms with Gasteiger partial charge in [-0.3, -0.25) is 4.90 Å². The number of hydrogen-bond acceptors (Lipinski definition) is 2. The van der Waals surface area contributed by atoms with Gasteiger partial charge < -0.3 is 5.32 Å². The van der Waals surface area contributed by atoms with E-state index >= 15 is 0 Å². The number of piperidine rings is 1. The molecule has 1 N–H and O–H groups in total. The minimum atomic E-state index is -2.38. The Bertz CT molecular complexity index is 403. The third kappa shape index (κ3) is 3.36. The molecule has 2 unspecified atom stereocenters. The Labute approximate surface area is 120 Å². The standard InChI is InChI=1S/C16H24F2N2/c1-3-20-10-4-5-14(11-19-2)15(20)12-6-8-13(9-7-12)16(17)18/h6-9,14-16,19H,3-5,10-11H2,1-2H3. The third-order valence-corrected chi connectivity index (χ3v) is 4.26. The monoisotopic (exact) mass is 282 g/mol. The topological polar surface area (TPSA) is 15.3 Å². The fourth-order valence-electron chi connectivity index (χ4n) is 3.30. The first-order valence-electron chi connectivity index (χ1n) is 7.44. The molecule has 0 spiro atoms. The van der Waals surface area contributed by atoms with E-state index in [1.165, 1.54) is 12.8 Å². The van der Waals surface area contributed by atoms with Crippen LogP contribution in [0.1, 0.15) is 43.4 Å². The van der Waals surface area contributed by atoms with E-state index in [1.807, 2.05) is 19.2 Å². The summed E-state index contributed by atoms with van der Waals surface area (Å²) >= 11 is 0. The Kier molecular flexibility index (Phi) is 5.49. The van der Waals surface area contributed by atoms with Crippen LogP contribution < -0.4 is 5.32 Å². The van der Waals surface area contributed by atoms with E-state index in [4.69, 9.17) is 0 Å². The van der Waals surface area contributed by atoms with E-state index in [0.717, 1.165) is 25.2 Å². The second kappa shape index (κ2) is 7.14. The smallest absolute Gasteiger partial charge is 0.263 e. The Hall–Kier alpha value is -1.00. The van der Waals surface area contributed by atoms with Crippen LogP contribution in [0.2, 0.25) is 0 Å². The van der Waals surface area contributed by atoms with Gasteiger partial charge in [0.2, 0.25) is 0 Å². The molecule has 1 fully saturated rings. The highest BCUT2D eigenvalue weighted by Crippen LogP contribution is 2.36. The molecule has 2 rings (SSSR count). The van der Waals surface area contributed by atoms with Crippen LogP contribution in [0.15, 0.2) is 24.3 Å². The zero-order chi connectivity index (χ0) is 14.5. The molecule has 20 heavy (non-hydrogen) atoms. The quantitative estimate of drug-likeness (QED) is 0.887. The number of likely N-dealkylation sites (tertiary alicyclic amines) is 1. The van der Waals surface area contributed by atoms with Crippen molar-refractivity contribution >= 4 is 0 Å². The lowest BCUT2D eigenvalue weighted by Gasteiger charge is -2.41. The number of nitrogens with zero attached hydrogens (tertiary/aromatic N) is 1. The number of benzene rings is 1.